The van der Waals surface area contributed by atoms with Crippen molar-refractivity contribution in [2.45, 2.75) is 309 Å². The lowest BCUT2D eigenvalue weighted by Crippen LogP contribution is -2.61. The summed E-state index contributed by atoms with van der Waals surface area (Å²) in [5.41, 5.74) is 56.2. The lowest BCUT2D eigenvalue weighted by molar-refractivity contribution is -0.148. The zero-order valence-corrected chi connectivity index (χ0v) is 78.1. The molecule has 2 rings (SSSR count). The van der Waals surface area contributed by atoms with Crippen LogP contribution in [0.3, 0.4) is 0 Å². The topological polar surface area (TPSA) is 800 Å². The molecule has 48 heteroatoms. The number of rotatable bonds is 62. The number of aliphatic carboxylic acids is 1. The molecule has 2 aliphatic rings. The molecule has 2 saturated heterocycles. The molecule has 0 unspecified atom stereocenters. The maximum absolute atomic E-state index is 14.5. The predicted octanol–water partition coefficient (Wildman–Crippen LogP) is -7.40. The lowest BCUT2D eigenvalue weighted by Gasteiger charge is -2.33. The predicted molar refractivity (Wildman–Crippen MR) is 488 cm³/mol. The molecular formula is C83H151N29O19. The molecule has 2 heterocycles. The molecule has 0 aliphatic carbocycles. The number of hydrogen-bond acceptors (Lipinski definition) is 24. The van der Waals surface area contributed by atoms with Crippen LogP contribution in [-0.4, -0.2) is 289 Å². The zero-order chi connectivity index (χ0) is 99.1. The number of amides is 17. The number of hydrogen-bond donors (Lipinski definition) is 25. The Hall–Kier alpha value is -11.8. The summed E-state index contributed by atoms with van der Waals surface area (Å²) in [5, 5.41) is 46.2. The first-order valence-electron chi connectivity index (χ1n) is 45.3. The highest BCUT2D eigenvalue weighted by atomic mass is 16.4. The average Bonchev–Trinajstić information content (AvgIpc) is 1.66. The van der Waals surface area contributed by atoms with Crippen molar-refractivity contribution in [1.29, 1.82) is 0 Å². The molecule has 0 spiro atoms. The Bertz CT molecular complexity index is 3890. The number of likely N-dealkylation sites (tertiary alicyclic amines) is 2. The van der Waals surface area contributed by atoms with Crippen LogP contribution < -0.4 is 132 Å². The molecule has 2 fully saturated rings. The van der Waals surface area contributed by atoms with Gasteiger partial charge in [-0.3, -0.25) is 96.5 Å². The van der Waals surface area contributed by atoms with Crippen molar-refractivity contribution in [1.82, 2.24) is 84.2 Å². The molecule has 742 valence electrons. The molecule has 131 heavy (non-hydrogen) atoms. The number of carbonyl (C=O) groups is 18. The van der Waals surface area contributed by atoms with Gasteiger partial charge in [0.15, 0.2) is 17.9 Å². The summed E-state index contributed by atoms with van der Waals surface area (Å²) in [7, 11) is 0. The first-order valence-corrected chi connectivity index (χ1v) is 45.3. The summed E-state index contributed by atoms with van der Waals surface area (Å²) in [6.45, 7) is 18.7. The average molecular weight is 1860 g/mol. The van der Waals surface area contributed by atoms with Crippen LogP contribution in [0.2, 0.25) is 0 Å². The summed E-state index contributed by atoms with van der Waals surface area (Å²) in [4.78, 5) is 264. The quantitative estimate of drug-likeness (QED) is 0.0153. The summed E-state index contributed by atoms with van der Waals surface area (Å²) >= 11 is 0. The van der Waals surface area contributed by atoms with Crippen molar-refractivity contribution in [3.05, 3.63) is 0 Å². The van der Waals surface area contributed by atoms with Gasteiger partial charge in [-0.1, -0.05) is 82.1 Å². The summed E-state index contributed by atoms with van der Waals surface area (Å²) in [6, 6.07) is -19.2. The maximum Gasteiger partial charge on any atom is 0.326 e. The fraction of sp³-hybridized carbons (Fsp3) is 0.747. The molecule has 35 N–H and O–H groups in total. The number of nitrogens with two attached hydrogens (primary N) is 10. The van der Waals surface area contributed by atoms with E-state index in [4.69, 9.17) is 57.3 Å². The molecule has 17 atom stereocenters. The van der Waals surface area contributed by atoms with Crippen LogP contribution in [0.4, 0.5) is 0 Å². The van der Waals surface area contributed by atoms with Crippen molar-refractivity contribution in [3.63, 3.8) is 0 Å². The minimum absolute atomic E-state index is 0.00191. The van der Waals surface area contributed by atoms with E-state index < -0.39 is 247 Å². The number of carboxylic acid groups (broad SMARTS) is 1. The van der Waals surface area contributed by atoms with Gasteiger partial charge < -0.3 is 147 Å². The minimum Gasteiger partial charge on any atom is -0.480 e. The molecule has 17 amide bonds. The first-order chi connectivity index (χ1) is 61.6. The number of aliphatic imine (C=N–C) groups is 3. The van der Waals surface area contributed by atoms with Crippen molar-refractivity contribution in [2.24, 2.45) is 102 Å². The van der Waals surface area contributed by atoms with Gasteiger partial charge in [0.1, 0.15) is 84.6 Å². The van der Waals surface area contributed by atoms with Crippen molar-refractivity contribution in [3.8, 4) is 0 Å². The number of nitrogens with one attached hydrogen (secondary N) is 14. The van der Waals surface area contributed by atoms with Crippen molar-refractivity contribution >= 4 is 124 Å². The van der Waals surface area contributed by atoms with E-state index in [-0.39, 0.29) is 147 Å². The highest BCUT2D eigenvalue weighted by Crippen LogP contribution is 2.27. The van der Waals surface area contributed by atoms with Gasteiger partial charge in [0.25, 0.3) is 0 Å². The van der Waals surface area contributed by atoms with E-state index in [0.717, 1.165) is 0 Å². The summed E-state index contributed by atoms with van der Waals surface area (Å²) in [5.74, 6) is -18.3. The third kappa shape index (κ3) is 42.3. The van der Waals surface area contributed by atoms with Gasteiger partial charge in [-0.15, -0.1) is 0 Å². The smallest absolute Gasteiger partial charge is 0.326 e. The molecular weight excluding hydrogens is 1710 g/mol. The molecule has 0 bridgehead atoms. The van der Waals surface area contributed by atoms with E-state index in [0.29, 0.717) is 44.9 Å². The molecule has 0 saturated carbocycles. The van der Waals surface area contributed by atoms with E-state index in [1.165, 1.54) is 23.6 Å². The monoisotopic (exact) mass is 1860 g/mol. The zero-order valence-electron chi connectivity index (χ0n) is 78.1. The normalized spacial score (nSPS) is 17.0. The maximum atomic E-state index is 14.5. The van der Waals surface area contributed by atoms with Crippen LogP contribution in [0, 0.1) is 29.6 Å². The van der Waals surface area contributed by atoms with Gasteiger partial charge in [0, 0.05) is 39.1 Å². The standard InChI is InChI=1S/C83H151N29O19/c1-13-46(9)64(109-73(123)54(31-32-59(87)113)101-60(114)41-97-68(118)56(40-43(3)4)106-71(121)52(25-16-18-34-85)104-74(124)57-29-22-38-111(57)79(129)58-30-23-39-112(58)78(128)55(105-66(116)48(11)86)28-21-37-96-83(92)93)75(125)98-42-61(115)100-50(26-19-35-94-81(88)89)69(119)99-49(12)67(117)102-51(24-15-17-33-84)70(120)103-53(27-20-36-95-82(90)91)72(122)107-62(44(5)6)76(126)108-63(45(7)8)77(127)110-65(80(130)131)47(10)14-2/h43-58,62-65H,13-42,84-86H2,1-12H3,(H2,87,113)(H,97,118)(H,98,125)(H,99,119)(H,100,115)(H,101,114)(H,102,117)(H,103,120)(H,104,124)(H,105,116)(H,106,121)(H,107,122)(H,108,126)(H,109,123)(H,110,127)(H,130,131)(H4,88,89,94)(H4,90,91,95)(H4,92,93,96)/t46-,47-,48-,49-,50-,51-,52-,53-,54-,55-,56-,57-,58-,62-,63-,64-,65-/m0/s1. The molecule has 0 radical (unpaired) electrons. The lowest BCUT2D eigenvalue weighted by atomic mass is 9.96. The van der Waals surface area contributed by atoms with Crippen LogP contribution in [0.5, 0.6) is 0 Å². The molecule has 48 nitrogen and oxygen atoms in total. The van der Waals surface area contributed by atoms with E-state index >= 15 is 0 Å². The van der Waals surface area contributed by atoms with E-state index in [9.17, 15) is 91.4 Å². The molecule has 2 aliphatic heterocycles. The third-order valence-electron chi connectivity index (χ3n) is 22.3. The summed E-state index contributed by atoms with van der Waals surface area (Å²) in [6.07, 6.45) is 2.86. The number of nitrogens with zero attached hydrogens (tertiary/aromatic N) is 5. The highest BCUT2D eigenvalue weighted by molar-refractivity contribution is 6.01. The second-order valence-electron chi connectivity index (χ2n) is 34.5. The van der Waals surface area contributed by atoms with Crippen molar-refractivity contribution < 1.29 is 91.4 Å². The van der Waals surface area contributed by atoms with Crippen LogP contribution in [-0.2, 0) is 86.3 Å². The first kappa shape index (κ1) is 115. The minimum atomic E-state index is -1.58. The number of guanidine groups is 3. The van der Waals surface area contributed by atoms with Gasteiger partial charge in [0.05, 0.1) is 19.1 Å². The fourth-order valence-corrected chi connectivity index (χ4v) is 14.4. The van der Waals surface area contributed by atoms with Gasteiger partial charge in [-0.2, -0.15) is 0 Å². The van der Waals surface area contributed by atoms with Crippen LogP contribution >= 0.6 is 0 Å². The van der Waals surface area contributed by atoms with Gasteiger partial charge >= 0.3 is 5.97 Å². The number of primary amides is 1. The van der Waals surface area contributed by atoms with Crippen LogP contribution in [0.25, 0.3) is 0 Å². The van der Waals surface area contributed by atoms with Crippen LogP contribution in [0.15, 0.2) is 15.0 Å². The number of unbranched alkanes of at least 4 members (excludes halogenated alkanes) is 2. The second kappa shape index (κ2) is 60.2. The van der Waals surface area contributed by atoms with E-state index in [1.54, 1.807) is 69.2 Å². The largest absolute Gasteiger partial charge is 0.480 e. The van der Waals surface area contributed by atoms with Crippen molar-refractivity contribution in [2.75, 3.05) is 58.9 Å². The Morgan fingerprint density at radius 2 is 0.756 bits per heavy atom. The SMILES string of the molecule is CC[C@H](C)[C@H](NC(=O)[C@@H](NC(=O)[C@@H](NC(=O)[C@H](CCCN=C(N)N)NC(=O)[C@H](CCCCN)NC(=O)[C@H](C)NC(=O)[C@H](CCCN=C(N)N)NC(=O)CNC(=O)[C@@H](NC(=O)[C@H](CCC(N)=O)NC(=O)CNC(=O)[C@H](CC(C)C)NC(=O)[C@H](CCCCN)NC(=O)[C@@H]1CCCN1C(=O)[C@@H]1CCCN1C(=O)[C@H](CCCN=C(N)N)NC(=O)[C@H](C)N)[C@@H](C)CC)C(C)C)C(C)C)C(=O)O. The van der Waals surface area contributed by atoms with Gasteiger partial charge in [-0.05, 0) is 172 Å². The Kier molecular flexibility index (Phi) is 52.9. The fourth-order valence-electron chi connectivity index (χ4n) is 14.4. The Morgan fingerprint density at radius 1 is 0.382 bits per heavy atom. The van der Waals surface area contributed by atoms with E-state index in [1.807, 2.05) is 0 Å². The Labute approximate surface area is 766 Å². The second-order valence-corrected chi connectivity index (χ2v) is 34.5. The molecule has 0 aromatic rings. The number of carbonyl (C=O) groups excluding carboxylic acids is 17. The highest BCUT2D eigenvalue weighted by Gasteiger charge is 2.46. The third-order valence-corrected chi connectivity index (χ3v) is 22.3. The van der Waals surface area contributed by atoms with Gasteiger partial charge in [-0.25, -0.2) is 4.79 Å². The Balaban J connectivity index is 2.36. The van der Waals surface area contributed by atoms with Crippen LogP contribution in [0.1, 0.15) is 218 Å². The Morgan fingerprint density at radius 3 is 1.20 bits per heavy atom. The van der Waals surface area contributed by atoms with E-state index in [2.05, 4.69) is 89.4 Å². The molecule has 0 aromatic carbocycles. The molecule has 0 aromatic heterocycles. The number of carboxylic acids is 1. The van der Waals surface area contributed by atoms with Gasteiger partial charge in [0.2, 0.25) is 100 Å². The summed E-state index contributed by atoms with van der Waals surface area (Å²) < 4.78 is 0.